The first-order chi connectivity index (χ1) is 14.2. The molecule has 1 N–H and O–H groups in total. The molecule has 0 saturated heterocycles. The van der Waals surface area contributed by atoms with Crippen LogP contribution in [0.15, 0.2) is 47.5 Å². The van der Waals surface area contributed by atoms with Crippen molar-refractivity contribution in [3.63, 3.8) is 0 Å². The van der Waals surface area contributed by atoms with Gasteiger partial charge in [0.2, 0.25) is 0 Å². The van der Waals surface area contributed by atoms with Gasteiger partial charge < -0.3 is 10.1 Å². The number of rotatable bonds is 5. The van der Waals surface area contributed by atoms with Crippen molar-refractivity contribution in [1.82, 2.24) is 19.7 Å². The lowest BCUT2D eigenvalue weighted by atomic mass is 10.2. The number of alkyl halides is 3. The molecule has 2 heterocycles. The molecule has 0 aliphatic carbocycles. The van der Waals surface area contributed by atoms with Gasteiger partial charge in [-0.15, -0.1) is 0 Å². The maximum absolute atomic E-state index is 13.6. The van der Waals surface area contributed by atoms with Crippen molar-refractivity contribution in [1.29, 1.82) is 0 Å². The average Bonchev–Trinajstić information content (AvgIpc) is 3.16. The van der Waals surface area contributed by atoms with Crippen LogP contribution in [-0.4, -0.2) is 33.9 Å². The Morgan fingerprint density at radius 2 is 1.83 bits per heavy atom. The van der Waals surface area contributed by atoms with E-state index in [2.05, 4.69) is 10.4 Å². The number of benzene rings is 1. The number of halogens is 4. The fourth-order valence-corrected chi connectivity index (χ4v) is 3.08. The number of methoxy groups -OCH3 is 1. The second-order valence-electron chi connectivity index (χ2n) is 6.07. The highest BCUT2D eigenvalue weighted by Crippen LogP contribution is 2.33. The molecule has 158 valence electrons. The number of aromatic nitrogens is 3. The highest BCUT2D eigenvalue weighted by molar-refractivity contribution is 6.31. The number of carbonyl (C=O) groups excluding carboxylic acids is 1. The molecule has 2 aromatic heterocycles. The van der Waals surface area contributed by atoms with Gasteiger partial charge in [-0.25, -0.2) is 4.68 Å². The minimum Gasteiger partial charge on any atom is -0.495 e. The number of nitrogens with zero attached hydrogens (tertiary/aromatic N) is 3. The lowest BCUT2D eigenvalue weighted by molar-refractivity contribution is -0.143. The molecule has 0 bridgehead atoms. The van der Waals surface area contributed by atoms with Crippen LogP contribution in [-0.2, 0) is 6.18 Å². The van der Waals surface area contributed by atoms with E-state index in [1.54, 1.807) is 6.92 Å². The van der Waals surface area contributed by atoms with Crippen molar-refractivity contribution in [2.45, 2.75) is 13.1 Å². The Bertz CT molecular complexity index is 1140. The van der Waals surface area contributed by atoms with Gasteiger partial charge in [0.25, 0.3) is 11.5 Å². The zero-order valence-corrected chi connectivity index (χ0v) is 16.6. The Morgan fingerprint density at radius 1 is 1.20 bits per heavy atom. The molecule has 0 aliphatic heterocycles. The van der Waals surface area contributed by atoms with Crippen LogP contribution in [0.4, 0.5) is 13.2 Å². The molecule has 3 aromatic rings. The Balaban J connectivity index is 2.05. The Morgan fingerprint density at radius 3 is 2.40 bits per heavy atom. The van der Waals surface area contributed by atoms with E-state index in [9.17, 15) is 22.8 Å². The lowest BCUT2D eigenvalue weighted by Crippen LogP contribution is -2.26. The van der Waals surface area contributed by atoms with Gasteiger partial charge in [-0.1, -0.05) is 11.6 Å². The van der Waals surface area contributed by atoms with E-state index >= 15 is 0 Å². The standard InChI is InChI=1S/C19H16ClF3N4O3/c1-3-24-17(28)13-10-25-27(16(13)19(21,22)23)12-6-4-11(5-7-12)26-9-8-14(30-2)15(20)18(26)29/h4-10H,3H2,1-2H3,(H,24,28). The molecule has 0 fully saturated rings. The molecule has 0 unspecified atom stereocenters. The summed E-state index contributed by atoms with van der Waals surface area (Å²) < 4.78 is 47.7. The summed E-state index contributed by atoms with van der Waals surface area (Å²) in [5.74, 6) is -0.661. The van der Waals surface area contributed by atoms with Gasteiger partial charge in [-0.2, -0.15) is 18.3 Å². The SMILES string of the molecule is CCNC(=O)c1cnn(-c2ccc(-n3ccc(OC)c(Cl)c3=O)cc2)c1C(F)(F)F. The van der Waals surface area contributed by atoms with Gasteiger partial charge in [-0.05, 0) is 37.3 Å². The van der Waals surface area contributed by atoms with Crippen LogP contribution in [0, 0.1) is 0 Å². The normalized spacial score (nSPS) is 11.4. The third-order valence-electron chi connectivity index (χ3n) is 4.21. The molecule has 7 nitrogen and oxygen atoms in total. The minimum atomic E-state index is -4.81. The number of carbonyl (C=O) groups is 1. The van der Waals surface area contributed by atoms with Gasteiger partial charge in [-0.3, -0.25) is 14.2 Å². The molecule has 0 aliphatic rings. The molecular weight excluding hydrogens is 425 g/mol. The van der Waals surface area contributed by atoms with E-state index in [4.69, 9.17) is 16.3 Å². The van der Waals surface area contributed by atoms with Crippen molar-refractivity contribution in [2.24, 2.45) is 0 Å². The van der Waals surface area contributed by atoms with Crippen LogP contribution in [0.1, 0.15) is 23.0 Å². The highest BCUT2D eigenvalue weighted by Gasteiger charge is 2.40. The first-order valence-corrected chi connectivity index (χ1v) is 9.06. The van der Waals surface area contributed by atoms with Gasteiger partial charge >= 0.3 is 6.18 Å². The van der Waals surface area contributed by atoms with Gasteiger partial charge in [0.15, 0.2) is 5.69 Å². The minimum absolute atomic E-state index is 0.0641. The zero-order valence-electron chi connectivity index (χ0n) is 15.8. The molecule has 1 aromatic carbocycles. The first-order valence-electron chi connectivity index (χ1n) is 8.68. The first kappa shape index (κ1) is 21.4. The van der Waals surface area contributed by atoms with Crippen molar-refractivity contribution >= 4 is 17.5 Å². The van der Waals surface area contributed by atoms with E-state index in [0.717, 1.165) is 6.20 Å². The monoisotopic (exact) mass is 440 g/mol. The van der Waals surface area contributed by atoms with Crippen LogP contribution < -0.4 is 15.6 Å². The topological polar surface area (TPSA) is 78.2 Å². The Hall–Kier alpha value is -3.27. The molecule has 0 radical (unpaired) electrons. The quantitative estimate of drug-likeness (QED) is 0.659. The van der Waals surface area contributed by atoms with Crippen molar-refractivity contribution in [2.75, 3.05) is 13.7 Å². The average molecular weight is 441 g/mol. The molecule has 0 spiro atoms. The molecule has 11 heteroatoms. The number of hydrogen-bond donors (Lipinski definition) is 1. The van der Waals surface area contributed by atoms with Crippen LogP contribution in [0.5, 0.6) is 5.75 Å². The summed E-state index contributed by atoms with van der Waals surface area (Å²) in [5, 5.41) is 5.96. The van der Waals surface area contributed by atoms with Crippen LogP contribution in [0.3, 0.4) is 0 Å². The third-order valence-corrected chi connectivity index (χ3v) is 4.56. The van der Waals surface area contributed by atoms with Crippen LogP contribution in [0.25, 0.3) is 11.4 Å². The summed E-state index contributed by atoms with van der Waals surface area (Å²) in [6.45, 7) is 1.77. The van der Waals surface area contributed by atoms with Gasteiger partial charge in [0.05, 0.1) is 24.6 Å². The van der Waals surface area contributed by atoms with Crippen LogP contribution >= 0.6 is 11.6 Å². The van der Waals surface area contributed by atoms with Gasteiger partial charge in [0, 0.05) is 18.4 Å². The number of hydrogen-bond acceptors (Lipinski definition) is 4. The summed E-state index contributed by atoms with van der Waals surface area (Å²) in [5.41, 5.74) is -1.87. The van der Waals surface area contributed by atoms with Gasteiger partial charge in [0.1, 0.15) is 10.8 Å². The highest BCUT2D eigenvalue weighted by atomic mass is 35.5. The molecule has 0 saturated carbocycles. The van der Waals surface area contributed by atoms with E-state index in [1.807, 2.05) is 0 Å². The molecular formula is C19H16ClF3N4O3. The predicted octanol–water partition coefficient (Wildman–Crippen LogP) is 3.45. The second-order valence-corrected chi connectivity index (χ2v) is 6.44. The largest absolute Gasteiger partial charge is 0.495 e. The molecule has 3 rings (SSSR count). The summed E-state index contributed by atoms with van der Waals surface area (Å²) >= 11 is 5.97. The number of amides is 1. The number of ether oxygens (including phenoxy) is 1. The fraction of sp³-hybridized carbons (Fsp3) is 0.211. The maximum atomic E-state index is 13.6. The Labute approximate surface area is 173 Å². The molecule has 0 atom stereocenters. The number of pyridine rings is 1. The summed E-state index contributed by atoms with van der Waals surface area (Å²) in [6, 6.07) is 7.07. The third kappa shape index (κ3) is 3.90. The molecule has 1 amide bonds. The predicted molar refractivity (Wildman–Crippen MR) is 104 cm³/mol. The zero-order chi connectivity index (χ0) is 22.1. The van der Waals surface area contributed by atoms with Crippen molar-refractivity contribution in [3.8, 4) is 17.1 Å². The summed E-state index contributed by atoms with van der Waals surface area (Å²) in [4.78, 5) is 24.4. The van der Waals surface area contributed by atoms with E-state index in [-0.39, 0.29) is 23.0 Å². The van der Waals surface area contributed by atoms with Crippen LogP contribution in [0.2, 0.25) is 5.02 Å². The van der Waals surface area contributed by atoms with Crippen molar-refractivity contribution < 1.29 is 22.7 Å². The van der Waals surface area contributed by atoms with E-state index < -0.39 is 28.9 Å². The number of nitrogens with one attached hydrogen (secondary N) is 1. The lowest BCUT2D eigenvalue weighted by Gasteiger charge is -2.13. The summed E-state index contributed by atoms with van der Waals surface area (Å²) in [6.07, 6.45) is -2.50. The van der Waals surface area contributed by atoms with E-state index in [0.29, 0.717) is 10.4 Å². The Kier molecular flexibility index (Phi) is 5.88. The van der Waals surface area contributed by atoms with Crippen molar-refractivity contribution in [3.05, 3.63) is 69.4 Å². The molecule has 30 heavy (non-hydrogen) atoms. The summed E-state index contributed by atoms with van der Waals surface area (Å²) in [7, 11) is 1.37. The smallest absolute Gasteiger partial charge is 0.434 e. The second kappa shape index (κ2) is 8.23. The fourth-order valence-electron chi connectivity index (χ4n) is 2.85. The maximum Gasteiger partial charge on any atom is 0.434 e. The van der Waals surface area contributed by atoms with E-state index in [1.165, 1.54) is 48.2 Å².